The summed E-state index contributed by atoms with van der Waals surface area (Å²) >= 11 is 0. The van der Waals surface area contributed by atoms with Gasteiger partial charge in [-0.25, -0.2) is 0 Å². The Morgan fingerprint density at radius 3 is 1.67 bits per heavy atom. The summed E-state index contributed by atoms with van der Waals surface area (Å²) in [4.78, 5) is 12.5. The van der Waals surface area contributed by atoms with Crippen LogP contribution in [0.1, 0.15) is 68.7 Å². The lowest BCUT2D eigenvalue weighted by atomic mass is 9.76. The topological polar surface area (TPSA) is 26.3 Å². The molecule has 0 N–H and O–H groups in total. The van der Waals surface area contributed by atoms with Crippen molar-refractivity contribution in [3.63, 3.8) is 0 Å². The van der Waals surface area contributed by atoms with Crippen LogP contribution in [0.4, 0.5) is 0 Å². The predicted octanol–water partition coefficient (Wildman–Crippen LogP) is 4.47. The average Bonchev–Trinajstić information content (AvgIpc) is 2.06. The van der Waals surface area contributed by atoms with Crippen LogP contribution in [0.25, 0.3) is 0 Å². The number of carbonyl (C=O) groups is 1. The second kappa shape index (κ2) is 5.73. The zero-order valence-corrected chi connectivity index (χ0v) is 13.8. The molecule has 0 heterocycles. The highest BCUT2D eigenvalue weighted by molar-refractivity contribution is 5.86. The van der Waals surface area contributed by atoms with Gasteiger partial charge < -0.3 is 4.74 Å². The molecule has 0 radical (unpaired) electrons. The highest BCUT2D eigenvalue weighted by Crippen LogP contribution is 2.31. The minimum Gasteiger partial charge on any atom is -0.375 e. The molecule has 0 aromatic heterocycles. The Labute approximate surface area is 113 Å². The third-order valence-electron chi connectivity index (χ3n) is 2.69. The summed E-state index contributed by atoms with van der Waals surface area (Å²) in [6.07, 6.45) is 0.874. The standard InChI is InChI=1S/C16H32O2/c1-14(2,3)10-12(11-18-16(7,8)9)13(17)15(4,5)6/h12H,10-11H2,1-9H3/t12-/m1/s1. The number of ether oxygens (including phenoxy) is 1. The summed E-state index contributed by atoms with van der Waals surface area (Å²) in [5, 5.41) is 0. The van der Waals surface area contributed by atoms with Crippen LogP contribution in [0.5, 0.6) is 0 Å². The van der Waals surface area contributed by atoms with Crippen molar-refractivity contribution in [2.45, 2.75) is 74.3 Å². The monoisotopic (exact) mass is 256 g/mol. The van der Waals surface area contributed by atoms with Gasteiger partial charge >= 0.3 is 0 Å². The Bertz CT molecular complexity index is 271. The van der Waals surface area contributed by atoms with Gasteiger partial charge in [0.2, 0.25) is 0 Å². The number of rotatable bonds is 4. The Hall–Kier alpha value is -0.370. The molecular weight excluding hydrogens is 224 g/mol. The third-order valence-corrected chi connectivity index (χ3v) is 2.69. The van der Waals surface area contributed by atoms with Crippen LogP contribution in [0, 0.1) is 16.7 Å². The summed E-state index contributed by atoms with van der Waals surface area (Å²) in [7, 11) is 0. The molecule has 2 heteroatoms. The minimum absolute atomic E-state index is 0.00998. The Morgan fingerprint density at radius 2 is 1.39 bits per heavy atom. The van der Waals surface area contributed by atoms with E-state index in [1.807, 2.05) is 41.5 Å². The van der Waals surface area contributed by atoms with Gasteiger partial charge in [0.05, 0.1) is 12.2 Å². The van der Waals surface area contributed by atoms with Gasteiger partial charge in [-0.2, -0.15) is 0 Å². The molecule has 0 rings (SSSR count). The molecule has 18 heavy (non-hydrogen) atoms. The first-order valence-electron chi connectivity index (χ1n) is 6.91. The van der Waals surface area contributed by atoms with Crippen molar-refractivity contribution in [3.05, 3.63) is 0 Å². The maximum atomic E-state index is 12.5. The molecule has 0 spiro atoms. The SMILES string of the molecule is CC(C)(C)C[C@H](COC(C)(C)C)C(=O)C(C)(C)C. The van der Waals surface area contributed by atoms with E-state index in [9.17, 15) is 4.79 Å². The van der Waals surface area contributed by atoms with Crippen molar-refractivity contribution >= 4 is 5.78 Å². The summed E-state index contributed by atoms with van der Waals surface area (Å²) in [5.41, 5.74) is -0.335. The summed E-state index contributed by atoms with van der Waals surface area (Å²) in [6.45, 7) is 19.1. The fourth-order valence-electron chi connectivity index (χ4n) is 1.93. The molecule has 0 saturated carbocycles. The van der Waals surface area contributed by atoms with Crippen LogP contribution in [0.3, 0.4) is 0 Å². The van der Waals surface area contributed by atoms with E-state index in [4.69, 9.17) is 4.74 Å². The summed E-state index contributed by atoms with van der Waals surface area (Å²) in [5.74, 6) is 0.297. The van der Waals surface area contributed by atoms with E-state index in [1.165, 1.54) is 0 Å². The first-order chi connectivity index (χ1) is 7.72. The average molecular weight is 256 g/mol. The van der Waals surface area contributed by atoms with Gasteiger partial charge in [-0.15, -0.1) is 0 Å². The second-order valence-corrected chi connectivity index (χ2v) is 8.50. The summed E-state index contributed by atoms with van der Waals surface area (Å²) in [6, 6.07) is 0. The van der Waals surface area contributed by atoms with Crippen molar-refractivity contribution in [2.75, 3.05) is 6.61 Å². The molecule has 0 unspecified atom stereocenters. The van der Waals surface area contributed by atoms with Gasteiger partial charge in [0, 0.05) is 11.3 Å². The lowest BCUT2D eigenvalue weighted by Crippen LogP contribution is -2.36. The van der Waals surface area contributed by atoms with E-state index >= 15 is 0 Å². The van der Waals surface area contributed by atoms with Crippen LogP contribution in [0.2, 0.25) is 0 Å². The van der Waals surface area contributed by atoms with Crippen LogP contribution in [-0.2, 0) is 9.53 Å². The van der Waals surface area contributed by atoms with Crippen LogP contribution in [-0.4, -0.2) is 18.0 Å². The normalized spacial score (nSPS) is 15.6. The molecule has 0 amide bonds. The van der Waals surface area contributed by atoms with E-state index in [-0.39, 0.29) is 22.3 Å². The zero-order valence-electron chi connectivity index (χ0n) is 13.8. The van der Waals surface area contributed by atoms with Crippen LogP contribution < -0.4 is 0 Å². The van der Waals surface area contributed by atoms with E-state index in [2.05, 4.69) is 20.8 Å². The first kappa shape index (κ1) is 17.6. The van der Waals surface area contributed by atoms with Crippen molar-refractivity contribution in [1.29, 1.82) is 0 Å². The van der Waals surface area contributed by atoms with E-state index in [0.717, 1.165) is 6.42 Å². The van der Waals surface area contributed by atoms with E-state index in [0.29, 0.717) is 12.4 Å². The maximum absolute atomic E-state index is 12.5. The van der Waals surface area contributed by atoms with Gasteiger partial charge in [-0.3, -0.25) is 4.79 Å². The molecule has 0 aliphatic rings. The molecule has 0 saturated heterocycles. The molecule has 0 aliphatic carbocycles. The van der Waals surface area contributed by atoms with Crippen molar-refractivity contribution in [1.82, 2.24) is 0 Å². The predicted molar refractivity (Wildman–Crippen MR) is 77.7 cm³/mol. The zero-order chi connectivity index (χ0) is 14.8. The molecule has 108 valence electrons. The van der Waals surface area contributed by atoms with Crippen molar-refractivity contribution in [3.8, 4) is 0 Å². The first-order valence-corrected chi connectivity index (χ1v) is 6.91. The number of Topliss-reactive ketones (excluding diaryl/α,β-unsaturated/α-hetero) is 1. The van der Waals surface area contributed by atoms with Crippen LogP contribution in [0.15, 0.2) is 0 Å². The molecule has 0 fully saturated rings. The quantitative estimate of drug-likeness (QED) is 0.742. The van der Waals surface area contributed by atoms with E-state index in [1.54, 1.807) is 0 Å². The van der Waals surface area contributed by atoms with Gasteiger partial charge in [-0.05, 0) is 32.6 Å². The van der Waals surface area contributed by atoms with Crippen LogP contribution >= 0.6 is 0 Å². The lowest BCUT2D eigenvalue weighted by molar-refractivity contribution is -0.136. The fraction of sp³-hybridized carbons (Fsp3) is 0.938. The lowest BCUT2D eigenvalue weighted by Gasteiger charge is -2.32. The second-order valence-electron chi connectivity index (χ2n) is 8.50. The molecule has 0 aromatic rings. The molecule has 2 nitrogen and oxygen atoms in total. The number of hydrogen-bond donors (Lipinski definition) is 0. The molecule has 0 bridgehead atoms. The third kappa shape index (κ3) is 7.86. The highest BCUT2D eigenvalue weighted by Gasteiger charge is 2.33. The molecular formula is C16H32O2. The Balaban J connectivity index is 4.80. The van der Waals surface area contributed by atoms with Gasteiger partial charge in [0.25, 0.3) is 0 Å². The fourth-order valence-corrected chi connectivity index (χ4v) is 1.93. The Morgan fingerprint density at radius 1 is 0.944 bits per heavy atom. The largest absolute Gasteiger partial charge is 0.375 e. The number of carbonyl (C=O) groups excluding carboxylic acids is 1. The smallest absolute Gasteiger partial charge is 0.143 e. The molecule has 0 aliphatic heterocycles. The minimum atomic E-state index is -0.294. The van der Waals surface area contributed by atoms with Crippen molar-refractivity contribution in [2.24, 2.45) is 16.7 Å². The number of hydrogen-bond acceptors (Lipinski definition) is 2. The maximum Gasteiger partial charge on any atom is 0.143 e. The van der Waals surface area contributed by atoms with Crippen molar-refractivity contribution < 1.29 is 9.53 Å². The number of ketones is 1. The van der Waals surface area contributed by atoms with Gasteiger partial charge in [-0.1, -0.05) is 41.5 Å². The molecule has 1 atom stereocenters. The highest BCUT2D eigenvalue weighted by atomic mass is 16.5. The Kier molecular flexibility index (Phi) is 5.61. The summed E-state index contributed by atoms with van der Waals surface area (Å²) < 4.78 is 5.83. The van der Waals surface area contributed by atoms with Gasteiger partial charge in [0.15, 0.2) is 0 Å². The van der Waals surface area contributed by atoms with E-state index < -0.39 is 0 Å². The van der Waals surface area contributed by atoms with Gasteiger partial charge in [0.1, 0.15) is 5.78 Å². The molecule has 0 aromatic carbocycles.